The molecule has 1 aliphatic heterocycles. The van der Waals surface area contributed by atoms with Crippen molar-refractivity contribution in [3.05, 3.63) is 39.7 Å². The molecule has 7 heteroatoms. The summed E-state index contributed by atoms with van der Waals surface area (Å²) >= 11 is 0. The number of likely N-dealkylation sites (tertiary alicyclic amines) is 1. The highest BCUT2D eigenvalue weighted by atomic mass is 19.1. The molecule has 0 aromatic heterocycles. The van der Waals surface area contributed by atoms with Gasteiger partial charge in [-0.1, -0.05) is 18.6 Å². The zero-order valence-corrected chi connectivity index (χ0v) is 11.8. The lowest BCUT2D eigenvalue weighted by Crippen LogP contribution is -2.44. The Labute approximate surface area is 121 Å². The summed E-state index contributed by atoms with van der Waals surface area (Å²) in [6.07, 6.45) is 2.47. The van der Waals surface area contributed by atoms with Gasteiger partial charge in [-0.25, -0.2) is 0 Å². The Bertz CT molecular complexity index is 550. The molecule has 1 fully saturated rings. The number of ether oxygens (including phenoxy) is 1. The van der Waals surface area contributed by atoms with E-state index in [1.165, 1.54) is 19.2 Å². The summed E-state index contributed by atoms with van der Waals surface area (Å²) in [6, 6.07) is 3.67. The normalized spacial score (nSPS) is 19.2. The van der Waals surface area contributed by atoms with Crippen LogP contribution >= 0.6 is 0 Å². The van der Waals surface area contributed by atoms with Crippen LogP contribution in [0.25, 0.3) is 0 Å². The summed E-state index contributed by atoms with van der Waals surface area (Å²) in [6.45, 7) is 0.801. The molecule has 0 unspecified atom stereocenters. The average Bonchev–Trinajstić information content (AvgIpc) is 2.49. The number of nitro benzene ring substituents is 1. The topological polar surface area (TPSA) is 72.7 Å². The van der Waals surface area contributed by atoms with E-state index in [-0.39, 0.29) is 18.1 Å². The number of benzene rings is 1. The standard InChI is InChI=1S/C14H17FN2O4/c1-21-14(18)12-6-2-3-8-16(12)9-10-5-4-7-11(13(10)15)17(19)20/h4-5,7,12H,2-3,6,8-9H2,1H3/t12-/m1/s1. The van der Waals surface area contributed by atoms with Gasteiger partial charge >= 0.3 is 11.7 Å². The summed E-state index contributed by atoms with van der Waals surface area (Å²) in [7, 11) is 1.32. The van der Waals surface area contributed by atoms with Crippen molar-refractivity contribution in [2.75, 3.05) is 13.7 Å². The molecular formula is C14H17FN2O4. The maximum atomic E-state index is 14.1. The van der Waals surface area contributed by atoms with Crippen molar-refractivity contribution in [1.82, 2.24) is 4.90 Å². The minimum absolute atomic E-state index is 0.160. The maximum Gasteiger partial charge on any atom is 0.323 e. The highest BCUT2D eigenvalue weighted by Crippen LogP contribution is 2.25. The number of hydrogen-bond donors (Lipinski definition) is 0. The lowest BCUT2D eigenvalue weighted by molar-refractivity contribution is -0.387. The summed E-state index contributed by atoms with van der Waals surface area (Å²) in [5, 5.41) is 10.8. The van der Waals surface area contributed by atoms with E-state index in [2.05, 4.69) is 0 Å². The van der Waals surface area contributed by atoms with E-state index in [1.54, 1.807) is 0 Å². The molecule has 0 bridgehead atoms. The SMILES string of the molecule is COC(=O)[C@H]1CCCCN1Cc1cccc([N+](=O)[O-])c1F. The summed E-state index contributed by atoms with van der Waals surface area (Å²) in [5.41, 5.74) is -0.320. The lowest BCUT2D eigenvalue weighted by Gasteiger charge is -2.33. The number of carbonyl (C=O) groups is 1. The van der Waals surface area contributed by atoms with Crippen LogP contribution in [0.5, 0.6) is 0 Å². The first-order valence-electron chi connectivity index (χ1n) is 6.78. The van der Waals surface area contributed by atoms with Crippen molar-refractivity contribution in [1.29, 1.82) is 0 Å². The third-order valence-corrected chi connectivity index (χ3v) is 3.72. The van der Waals surface area contributed by atoms with Gasteiger partial charge in [0, 0.05) is 18.2 Å². The van der Waals surface area contributed by atoms with E-state index in [4.69, 9.17) is 4.74 Å². The Balaban J connectivity index is 2.21. The number of methoxy groups -OCH3 is 1. The molecule has 1 aromatic rings. The van der Waals surface area contributed by atoms with Crippen molar-refractivity contribution in [2.45, 2.75) is 31.8 Å². The van der Waals surface area contributed by atoms with Crippen LogP contribution in [0.2, 0.25) is 0 Å². The number of nitro groups is 1. The molecule has 1 heterocycles. The zero-order valence-electron chi connectivity index (χ0n) is 11.8. The second-order valence-corrected chi connectivity index (χ2v) is 5.01. The molecule has 6 nitrogen and oxygen atoms in total. The fourth-order valence-electron chi connectivity index (χ4n) is 2.63. The van der Waals surface area contributed by atoms with Crippen LogP contribution in [-0.4, -0.2) is 35.5 Å². The van der Waals surface area contributed by atoms with Gasteiger partial charge in [0.15, 0.2) is 0 Å². The third kappa shape index (κ3) is 3.36. The maximum absolute atomic E-state index is 14.1. The van der Waals surface area contributed by atoms with Crippen molar-refractivity contribution >= 4 is 11.7 Å². The monoisotopic (exact) mass is 296 g/mol. The van der Waals surface area contributed by atoms with Gasteiger partial charge in [-0.15, -0.1) is 0 Å². The number of nitrogens with zero attached hydrogens (tertiary/aromatic N) is 2. The second kappa shape index (κ2) is 6.62. The first-order chi connectivity index (χ1) is 10.0. The van der Waals surface area contributed by atoms with Gasteiger partial charge in [-0.3, -0.25) is 19.8 Å². The fraction of sp³-hybridized carbons (Fsp3) is 0.500. The second-order valence-electron chi connectivity index (χ2n) is 5.01. The molecule has 0 spiro atoms. The van der Waals surface area contributed by atoms with Gasteiger partial charge in [-0.2, -0.15) is 4.39 Å². The molecule has 0 saturated carbocycles. The Morgan fingerprint density at radius 3 is 2.95 bits per heavy atom. The summed E-state index contributed by atoms with van der Waals surface area (Å²) in [5.74, 6) is -1.18. The van der Waals surface area contributed by atoms with Crippen molar-refractivity contribution in [3.8, 4) is 0 Å². The number of piperidine rings is 1. The number of rotatable bonds is 4. The van der Waals surface area contributed by atoms with Gasteiger partial charge in [0.1, 0.15) is 6.04 Å². The van der Waals surface area contributed by atoms with Crippen LogP contribution in [0.15, 0.2) is 18.2 Å². The molecule has 21 heavy (non-hydrogen) atoms. The van der Waals surface area contributed by atoms with Crippen LogP contribution in [-0.2, 0) is 16.1 Å². The van der Waals surface area contributed by atoms with Crippen LogP contribution in [0.1, 0.15) is 24.8 Å². The van der Waals surface area contributed by atoms with Gasteiger partial charge < -0.3 is 4.74 Å². The van der Waals surface area contributed by atoms with Gasteiger partial charge in [0.2, 0.25) is 5.82 Å². The van der Waals surface area contributed by atoms with Crippen LogP contribution in [0.4, 0.5) is 10.1 Å². The molecular weight excluding hydrogens is 279 g/mol. The van der Waals surface area contributed by atoms with E-state index >= 15 is 0 Å². The quantitative estimate of drug-likeness (QED) is 0.484. The van der Waals surface area contributed by atoms with Crippen molar-refractivity contribution < 1.29 is 18.8 Å². The van der Waals surface area contributed by atoms with Crippen LogP contribution in [0.3, 0.4) is 0 Å². The number of hydrogen-bond acceptors (Lipinski definition) is 5. The molecule has 1 atom stereocenters. The Kier molecular flexibility index (Phi) is 4.85. The van der Waals surface area contributed by atoms with Crippen molar-refractivity contribution in [2.24, 2.45) is 0 Å². The van der Waals surface area contributed by atoms with Gasteiger partial charge in [0.05, 0.1) is 12.0 Å². The molecule has 2 rings (SSSR count). The largest absolute Gasteiger partial charge is 0.468 e. The molecule has 0 N–H and O–H groups in total. The van der Waals surface area contributed by atoms with Gasteiger partial charge in [-0.05, 0) is 19.4 Å². The van der Waals surface area contributed by atoms with Crippen LogP contribution < -0.4 is 0 Å². The van der Waals surface area contributed by atoms with E-state index in [9.17, 15) is 19.3 Å². The summed E-state index contributed by atoms with van der Waals surface area (Å²) < 4.78 is 18.9. The molecule has 0 radical (unpaired) electrons. The van der Waals surface area contributed by atoms with Crippen LogP contribution in [0, 0.1) is 15.9 Å². The zero-order chi connectivity index (χ0) is 15.4. The minimum atomic E-state index is -0.836. The Hall–Kier alpha value is -2.02. The van der Waals surface area contributed by atoms with E-state index < -0.39 is 22.5 Å². The molecule has 0 aliphatic carbocycles. The molecule has 1 aromatic carbocycles. The smallest absolute Gasteiger partial charge is 0.323 e. The number of carbonyl (C=O) groups excluding carboxylic acids is 1. The number of halogens is 1. The fourth-order valence-corrected chi connectivity index (χ4v) is 2.63. The first kappa shape index (κ1) is 15.4. The lowest BCUT2D eigenvalue weighted by atomic mass is 10.0. The number of esters is 1. The first-order valence-corrected chi connectivity index (χ1v) is 6.78. The average molecular weight is 296 g/mol. The predicted molar refractivity (Wildman–Crippen MR) is 73.1 cm³/mol. The van der Waals surface area contributed by atoms with Crippen molar-refractivity contribution in [3.63, 3.8) is 0 Å². The van der Waals surface area contributed by atoms with Gasteiger partial charge in [0.25, 0.3) is 0 Å². The summed E-state index contributed by atoms with van der Waals surface area (Å²) in [4.78, 5) is 23.6. The van der Waals surface area contributed by atoms with E-state index in [0.717, 1.165) is 18.9 Å². The highest BCUT2D eigenvalue weighted by molar-refractivity contribution is 5.75. The Morgan fingerprint density at radius 2 is 2.29 bits per heavy atom. The molecule has 1 saturated heterocycles. The molecule has 114 valence electrons. The predicted octanol–water partition coefficient (Wildman–Crippen LogP) is 2.26. The van der Waals surface area contributed by atoms with E-state index in [1.807, 2.05) is 4.90 Å². The molecule has 1 aliphatic rings. The highest BCUT2D eigenvalue weighted by Gasteiger charge is 2.30. The molecule has 0 amide bonds. The third-order valence-electron chi connectivity index (χ3n) is 3.72. The Morgan fingerprint density at radius 1 is 1.52 bits per heavy atom. The minimum Gasteiger partial charge on any atom is -0.468 e. The van der Waals surface area contributed by atoms with E-state index in [0.29, 0.717) is 13.0 Å².